The molecule has 16 heavy (non-hydrogen) atoms. The molecule has 0 spiro atoms. The van der Waals surface area contributed by atoms with Gasteiger partial charge in [0.1, 0.15) is 5.65 Å². The number of ether oxygens (including phenoxy) is 1. The minimum atomic E-state index is -0.431. The van der Waals surface area contributed by atoms with E-state index in [9.17, 15) is 9.59 Å². The third-order valence-corrected chi connectivity index (χ3v) is 2.17. The maximum absolute atomic E-state index is 11.4. The molecule has 0 aliphatic carbocycles. The molecule has 0 aliphatic heterocycles. The van der Waals surface area contributed by atoms with Crippen molar-refractivity contribution in [1.82, 2.24) is 9.97 Å². The monoisotopic (exact) mass is 218 g/mol. The maximum atomic E-state index is 11.4. The number of esters is 1. The summed E-state index contributed by atoms with van der Waals surface area (Å²) in [4.78, 5) is 29.2. The third kappa shape index (κ3) is 1.67. The zero-order chi connectivity index (χ0) is 11.7. The van der Waals surface area contributed by atoms with E-state index >= 15 is 0 Å². The first-order valence-electron chi connectivity index (χ1n) is 4.75. The van der Waals surface area contributed by atoms with E-state index in [1.165, 1.54) is 26.2 Å². The molecule has 0 aliphatic rings. The first-order valence-corrected chi connectivity index (χ1v) is 4.75. The molecule has 2 aromatic rings. The zero-order valence-corrected chi connectivity index (χ0v) is 8.90. The van der Waals surface area contributed by atoms with Gasteiger partial charge in [0.05, 0.1) is 5.39 Å². The number of pyridine rings is 1. The van der Waals surface area contributed by atoms with Gasteiger partial charge in [0.2, 0.25) is 0 Å². The van der Waals surface area contributed by atoms with Crippen LogP contribution in [0.3, 0.4) is 0 Å². The summed E-state index contributed by atoms with van der Waals surface area (Å²) in [7, 11) is 0. The largest absolute Gasteiger partial charge is 0.424 e. The molecule has 0 saturated heterocycles. The molecular weight excluding hydrogens is 208 g/mol. The van der Waals surface area contributed by atoms with Crippen molar-refractivity contribution in [3.05, 3.63) is 24.0 Å². The van der Waals surface area contributed by atoms with Crippen LogP contribution in [0, 0.1) is 0 Å². The molecule has 0 amide bonds. The number of ketones is 1. The Labute approximate surface area is 91.4 Å². The molecule has 0 fully saturated rings. The van der Waals surface area contributed by atoms with Gasteiger partial charge in [-0.15, -0.1) is 0 Å². The molecule has 0 atom stereocenters. The lowest BCUT2D eigenvalue weighted by molar-refractivity contribution is -0.131. The number of nitrogens with one attached hydrogen (secondary N) is 1. The van der Waals surface area contributed by atoms with Crippen molar-refractivity contribution in [2.75, 3.05) is 0 Å². The molecule has 82 valence electrons. The summed E-state index contributed by atoms with van der Waals surface area (Å²) in [6, 6.07) is 1.60. The lowest BCUT2D eigenvalue weighted by Crippen LogP contribution is -2.02. The van der Waals surface area contributed by atoms with Gasteiger partial charge in [0, 0.05) is 24.9 Å². The number of rotatable bonds is 2. The van der Waals surface area contributed by atoms with Crippen LogP contribution in [0.1, 0.15) is 24.2 Å². The van der Waals surface area contributed by atoms with Gasteiger partial charge in [-0.05, 0) is 13.0 Å². The number of carbonyl (C=O) groups is 2. The molecule has 2 rings (SSSR count). The second-order valence-corrected chi connectivity index (χ2v) is 3.38. The van der Waals surface area contributed by atoms with E-state index in [2.05, 4.69) is 9.97 Å². The summed E-state index contributed by atoms with van der Waals surface area (Å²) in [5.41, 5.74) is 1.02. The van der Waals surface area contributed by atoms with E-state index in [0.29, 0.717) is 22.3 Å². The fraction of sp³-hybridized carbons (Fsp3) is 0.182. The average molecular weight is 218 g/mol. The minimum absolute atomic E-state index is 0.0968. The average Bonchev–Trinajstić information content (AvgIpc) is 2.60. The van der Waals surface area contributed by atoms with Crippen molar-refractivity contribution in [2.45, 2.75) is 13.8 Å². The Morgan fingerprint density at radius 1 is 1.38 bits per heavy atom. The van der Waals surface area contributed by atoms with Gasteiger partial charge < -0.3 is 9.72 Å². The summed E-state index contributed by atoms with van der Waals surface area (Å²) in [6.07, 6.45) is 3.05. The number of Topliss-reactive ketones (excluding diaryl/α,β-unsaturated/α-hetero) is 1. The summed E-state index contributed by atoms with van der Waals surface area (Å²) in [5, 5.41) is 0.546. The van der Waals surface area contributed by atoms with Crippen LogP contribution in [0.2, 0.25) is 0 Å². The van der Waals surface area contributed by atoms with Crippen LogP contribution in [0.5, 0.6) is 5.75 Å². The molecule has 1 N–H and O–H groups in total. The third-order valence-electron chi connectivity index (χ3n) is 2.17. The molecular formula is C11H10N2O3. The van der Waals surface area contributed by atoms with Crippen LogP contribution < -0.4 is 4.74 Å². The van der Waals surface area contributed by atoms with Gasteiger partial charge in [-0.3, -0.25) is 9.59 Å². The number of hydrogen-bond acceptors (Lipinski definition) is 4. The van der Waals surface area contributed by atoms with Crippen LogP contribution in [0.4, 0.5) is 0 Å². The van der Waals surface area contributed by atoms with Crippen LogP contribution in [0.25, 0.3) is 11.0 Å². The van der Waals surface area contributed by atoms with Crippen LogP contribution in [0.15, 0.2) is 18.5 Å². The molecule has 0 unspecified atom stereocenters. The number of H-pyrrole nitrogens is 1. The smallest absolute Gasteiger partial charge is 0.308 e. The molecule has 2 aromatic heterocycles. The molecule has 0 aromatic carbocycles. The SMILES string of the molecule is CC(=O)Oc1c[nH]c2nccc(C(C)=O)c12. The molecule has 0 saturated carbocycles. The van der Waals surface area contributed by atoms with E-state index < -0.39 is 5.97 Å². The van der Waals surface area contributed by atoms with Crippen molar-refractivity contribution in [1.29, 1.82) is 0 Å². The van der Waals surface area contributed by atoms with Crippen LogP contribution in [-0.2, 0) is 4.79 Å². The predicted octanol–water partition coefficient (Wildman–Crippen LogP) is 1.69. The van der Waals surface area contributed by atoms with Crippen molar-refractivity contribution in [3.63, 3.8) is 0 Å². The summed E-state index contributed by atoms with van der Waals surface area (Å²) >= 11 is 0. The Balaban J connectivity index is 2.67. The Morgan fingerprint density at radius 2 is 2.12 bits per heavy atom. The van der Waals surface area contributed by atoms with Gasteiger partial charge in [-0.2, -0.15) is 0 Å². The highest BCUT2D eigenvalue weighted by Gasteiger charge is 2.14. The Morgan fingerprint density at radius 3 is 2.75 bits per heavy atom. The molecule has 5 heteroatoms. The van der Waals surface area contributed by atoms with Crippen molar-refractivity contribution in [3.8, 4) is 5.75 Å². The number of fused-ring (bicyclic) bond motifs is 1. The fourth-order valence-corrected chi connectivity index (χ4v) is 1.56. The lowest BCUT2D eigenvalue weighted by Gasteiger charge is -2.01. The standard InChI is InChI=1S/C11H10N2O3/c1-6(14)8-3-4-12-11-10(8)9(5-13-11)16-7(2)15/h3-5H,1-2H3,(H,12,13). The molecule has 0 radical (unpaired) electrons. The second kappa shape index (κ2) is 3.77. The van der Waals surface area contributed by atoms with Crippen molar-refractivity contribution < 1.29 is 14.3 Å². The van der Waals surface area contributed by atoms with Crippen molar-refractivity contribution in [2.24, 2.45) is 0 Å². The van der Waals surface area contributed by atoms with Gasteiger partial charge in [-0.1, -0.05) is 0 Å². The zero-order valence-electron chi connectivity index (χ0n) is 8.90. The van der Waals surface area contributed by atoms with E-state index in [4.69, 9.17) is 4.74 Å². The number of aromatic amines is 1. The van der Waals surface area contributed by atoms with Gasteiger partial charge >= 0.3 is 5.97 Å². The van der Waals surface area contributed by atoms with E-state index in [0.717, 1.165) is 0 Å². The predicted molar refractivity (Wildman–Crippen MR) is 57.4 cm³/mol. The maximum Gasteiger partial charge on any atom is 0.308 e. The van der Waals surface area contributed by atoms with Crippen molar-refractivity contribution >= 4 is 22.8 Å². The quantitative estimate of drug-likeness (QED) is 0.615. The Hall–Kier alpha value is -2.17. The second-order valence-electron chi connectivity index (χ2n) is 3.38. The van der Waals surface area contributed by atoms with Gasteiger partial charge in [0.15, 0.2) is 11.5 Å². The highest BCUT2D eigenvalue weighted by molar-refractivity contribution is 6.08. The van der Waals surface area contributed by atoms with E-state index in [-0.39, 0.29) is 5.78 Å². The lowest BCUT2D eigenvalue weighted by atomic mass is 10.1. The number of aromatic nitrogens is 2. The Kier molecular flexibility index (Phi) is 2.44. The summed E-state index contributed by atoms with van der Waals surface area (Å²) in [5.74, 6) is -0.194. The minimum Gasteiger partial charge on any atom is -0.424 e. The normalized spacial score (nSPS) is 10.4. The van der Waals surface area contributed by atoms with Gasteiger partial charge in [0.25, 0.3) is 0 Å². The number of carbonyl (C=O) groups excluding carboxylic acids is 2. The van der Waals surface area contributed by atoms with E-state index in [1.54, 1.807) is 6.07 Å². The first kappa shape index (κ1) is 10.4. The highest BCUT2D eigenvalue weighted by Crippen LogP contribution is 2.27. The molecule has 2 heterocycles. The molecule has 0 bridgehead atoms. The first-order chi connectivity index (χ1) is 7.59. The number of nitrogens with zero attached hydrogens (tertiary/aromatic N) is 1. The van der Waals surface area contributed by atoms with Gasteiger partial charge in [-0.25, -0.2) is 4.98 Å². The van der Waals surface area contributed by atoms with Crippen LogP contribution >= 0.6 is 0 Å². The highest BCUT2D eigenvalue weighted by atomic mass is 16.5. The summed E-state index contributed by atoms with van der Waals surface area (Å²) in [6.45, 7) is 2.77. The summed E-state index contributed by atoms with van der Waals surface area (Å²) < 4.78 is 5.00. The molecule has 5 nitrogen and oxygen atoms in total. The van der Waals surface area contributed by atoms with Crippen LogP contribution in [-0.4, -0.2) is 21.7 Å². The topological polar surface area (TPSA) is 72.1 Å². The van der Waals surface area contributed by atoms with E-state index in [1.807, 2.05) is 0 Å². The Bertz CT molecular complexity index is 572. The number of hydrogen-bond donors (Lipinski definition) is 1. The fourth-order valence-electron chi connectivity index (χ4n) is 1.56.